The summed E-state index contributed by atoms with van der Waals surface area (Å²) in [5, 5.41) is 6.75. The van der Waals surface area contributed by atoms with E-state index in [2.05, 4.69) is 55.5 Å². The Morgan fingerprint density at radius 1 is 1.08 bits per heavy atom. The molecule has 2 rings (SSSR count). The molecular weight excluding hydrogens is 298 g/mol. The Morgan fingerprint density at radius 2 is 1.83 bits per heavy atom. The molecule has 0 fully saturated rings. The van der Waals surface area contributed by atoms with Crippen molar-refractivity contribution in [3.05, 3.63) is 54.1 Å². The minimum Gasteiger partial charge on any atom is -0.356 e. The summed E-state index contributed by atoms with van der Waals surface area (Å²) in [4.78, 5) is 8.51. The van der Waals surface area contributed by atoms with Crippen LogP contribution in [0.1, 0.15) is 30.7 Å². The maximum Gasteiger partial charge on any atom is 0.190 e. The van der Waals surface area contributed by atoms with E-state index < -0.39 is 0 Å². The zero-order chi connectivity index (χ0) is 17.0. The van der Waals surface area contributed by atoms with Gasteiger partial charge in [-0.05, 0) is 38.2 Å². The van der Waals surface area contributed by atoms with Crippen LogP contribution in [0.4, 0.5) is 0 Å². The van der Waals surface area contributed by atoms with Crippen LogP contribution in [0.2, 0.25) is 0 Å². The number of aryl methyl sites for hydroxylation is 3. The van der Waals surface area contributed by atoms with Crippen molar-refractivity contribution in [2.45, 2.75) is 39.2 Å². The summed E-state index contributed by atoms with van der Waals surface area (Å²) in [6, 6.07) is 10.6. The van der Waals surface area contributed by atoms with Crippen LogP contribution in [0.3, 0.4) is 0 Å². The molecule has 0 amide bonds. The number of hydrogen-bond acceptors (Lipinski definition) is 2. The standard InChI is InChI=1S/C19H29N5/c1-17-21-14-16-24(17)15-7-6-12-22-19(20-2)23-13-8-11-18-9-4-3-5-10-18/h3-5,9-10,14,16H,6-8,11-13,15H2,1-2H3,(H2,20,22,23). The van der Waals surface area contributed by atoms with Crippen LogP contribution in [0.5, 0.6) is 0 Å². The quantitative estimate of drug-likeness (QED) is 0.423. The molecule has 0 aliphatic rings. The second kappa shape index (κ2) is 10.5. The lowest BCUT2D eigenvalue weighted by Gasteiger charge is -2.12. The molecule has 0 atom stereocenters. The van der Waals surface area contributed by atoms with Gasteiger partial charge in [-0.3, -0.25) is 4.99 Å². The SMILES string of the molecule is CN=C(NCCCCn1ccnc1C)NCCCc1ccccc1. The van der Waals surface area contributed by atoms with E-state index in [4.69, 9.17) is 0 Å². The van der Waals surface area contributed by atoms with Crippen LogP contribution in [0, 0.1) is 6.92 Å². The van der Waals surface area contributed by atoms with Crippen molar-refractivity contribution >= 4 is 5.96 Å². The first-order valence-corrected chi connectivity index (χ1v) is 8.76. The Kier molecular flexibility index (Phi) is 7.87. The number of aromatic nitrogens is 2. The minimum absolute atomic E-state index is 0.891. The highest BCUT2D eigenvalue weighted by atomic mass is 15.2. The first-order chi connectivity index (χ1) is 11.8. The minimum atomic E-state index is 0.891. The Morgan fingerprint density at radius 3 is 2.50 bits per heavy atom. The number of imidazole rings is 1. The number of unbranched alkanes of at least 4 members (excludes halogenated alkanes) is 1. The maximum atomic E-state index is 4.27. The summed E-state index contributed by atoms with van der Waals surface area (Å²) in [5.74, 6) is 1.97. The fourth-order valence-corrected chi connectivity index (χ4v) is 2.62. The van der Waals surface area contributed by atoms with E-state index in [1.54, 1.807) is 0 Å². The number of aliphatic imine (C=N–C) groups is 1. The summed E-state index contributed by atoms with van der Waals surface area (Å²) in [7, 11) is 1.82. The molecule has 0 radical (unpaired) electrons. The molecule has 1 aromatic carbocycles. The Bertz CT molecular complexity index is 603. The van der Waals surface area contributed by atoms with E-state index in [-0.39, 0.29) is 0 Å². The summed E-state index contributed by atoms with van der Waals surface area (Å²) in [5.41, 5.74) is 1.39. The van der Waals surface area contributed by atoms with E-state index in [0.717, 1.165) is 57.1 Å². The first kappa shape index (κ1) is 18.0. The molecule has 0 spiro atoms. The second-order valence-electron chi connectivity index (χ2n) is 5.89. The third kappa shape index (κ3) is 6.44. The fourth-order valence-electron chi connectivity index (χ4n) is 2.62. The van der Waals surface area contributed by atoms with Gasteiger partial charge in [-0.15, -0.1) is 0 Å². The van der Waals surface area contributed by atoms with Crippen LogP contribution in [0.25, 0.3) is 0 Å². The average molecular weight is 327 g/mol. The average Bonchev–Trinajstić information content (AvgIpc) is 3.02. The highest BCUT2D eigenvalue weighted by molar-refractivity contribution is 5.79. The lowest BCUT2D eigenvalue weighted by atomic mass is 10.1. The summed E-state index contributed by atoms with van der Waals surface area (Å²) < 4.78 is 2.19. The number of hydrogen-bond donors (Lipinski definition) is 2. The van der Waals surface area contributed by atoms with E-state index in [0.29, 0.717) is 0 Å². The predicted molar refractivity (Wildman–Crippen MR) is 100 cm³/mol. The van der Waals surface area contributed by atoms with Crippen LogP contribution in [-0.4, -0.2) is 35.6 Å². The van der Waals surface area contributed by atoms with Crippen molar-refractivity contribution in [1.82, 2.24) is 20.2 Å². The number of nitrogens with one attached hydrogen (secondary N) is 2. The number of nitrogens with zero attached hydrogens (tertiary/aromatic N) is 3. The monoisotopic (exact) mass is 327 g/mol. The van der Waals surface area contributed by atoms with E-state index in [1.165, 1.54) is 5.56 Å². The molecule has 0 unspecified atom stereocenters. The molecule has 0 saturated heterocycles. The van der Waals surface area contributed by atoms with Gasteiger partial charge in [0, 0.05) is 39.1 Å². The van der Waals surface area contributed by atoms with Gasteiger partial charge in [0.2, 0.25) is 0 Å². The molecule has 130 valence electrons. The topological polar surface area (TPSA) is 54.2 Å². The van der Waals surface area contributed by atoms with Gasteiger partial charge in [0.1, 0.15) is 5.82 Å². The molecule has 0 saturated carbocycles. The third-order valence-electron chi connectivity index (χ3n) is 4.04. The molecule has 0 aliphatic carbocycles. The summed E-state index contributed by atoms with van der Waals surface area (Å²) in [6.45, 7) is 4.94. The van der Waals surface area contributed by atoms with E-state index in [1.807, 2.05) is 26.4 Å². The van der Waals surface area contributed by atoms with Gasteiger partial charge >= 0.3 is 0 Å². The molecule has 0 bridgehead atoms. The largest absolute Gasteiger partial charge is 0.356 e. The Labute approximate surface area is 145 Å². The molecule has 24 heavy (non-hydrogen) atoms. The third-order valence-corrected chi connectivity index (χ3v) is 4.04. The lowest BCUT2D eigenvalue weighted by molar-refractivity contribution is 0.588. The van der Waals surface area contributed by atoms with Crippen LogP contribution in [0.15, 0.2) is 47.7 Å². The molecule has 5 nitrogen and oxygen atoms in total. The molecule has 1 aromatic heterocycles. The molecule has 0 aliphatic heterocycles. The summed E-state index contributed by atoms with van der Waals surface area (Å²) >= 11 is 0. The normalized spacial score (nSPS) is 11.5. The molecule has 2 aromatic rings. The number of benzene rings is 1. The molecule has 5 heteroatoms. The van der Waals surface area contributed by atoms with Crippen LogP contribution in [-0.2, 0) is 13.0 Å². The van der Waals surface area contributed by atoms with Crippen LogP contribution < -0.4 is 10.6 Å². The first-order valence-electron chi connectivity index (χ1n) is 8.76. The highest BCUT2D eigenvalue weighted by Gasteiger charge is 1.99. The Balaban J connectivity index is 1.53. The molecule has 2 N–H and O–H groups in total. The zero-order valence-corrected chi connectivity index (χ0v) is 14.8. The van der Waals surface area contributed by atoms with Crippen molar-refractivity contribution in [3.8, 4) is 0 Å². The number of rotatable bonds is 9. The van der Waals surface area contributed by atoms with Crippen molar-refractivity contribution in [3.63, 3.8) is 0 Å². The van der Waals surface area contributed by atoms with E-state index >= 15 is 0 Å². The van der Waals surface area contributed by atoms with Gasteiger partial charge in [0.25, 0.3) is 0 Å². The van der Waals surface area contributed by atoms with E-state index in [9.17, 15) is 0 Å². The van der Waals surface area contributed by atoms with Crippen molar-refractivity contribution < 1.29 is 0 Å². The Hall–Kier alpha value is -2.30. The van der Waals surface area contributed by atoms with Gasteiger partial charge in [-0.25, -0.2) is 4.98 Å². The highest BCUT2D eigenvalue weighted by Crippen LogP contribution is 2.01. The summed E-state index contributed by atoms with van der Waals surface area (Å²) in [6.07, 6.45) is 8.34. The zero-order valence-electron chi connectivity index (χ0n) is 14.8. The maximum absolute atomic E-state index is 4.27. The van der Waals surface area contributed by atoms with Gasteiger partial charge < -0.3 is 15.2 Å². The second-order valence-corrected chi connectivity index (χ2v) is 5.89. The van der Waals surface area contributed by atoms with Crippen molar-refractivity contribution in [2.24, 2.45) is 4.99 Å². The van der Waals surface area contributed by atoms with Crippen LogP contribution >= 0.6 is 0 Å². The molecule has 1 heterocycles. The van der Waals surface area contributed by atoms with Crippen molar-refractivity contribution in [1.29, 1.82) is 0 Å². The van der Waals surface area contributed by atoms with Gasteiger partial charge in [-0.2, -0.15) is 0 Å². The van der Waals surface area contributed by atoms with Gasteiger partial charge in [0.15, 0.2) is 5.96 Å². The smallest absolute Gasteiger partial charge is 0.190 e. The number of guanidine groups is 1. The predicted octanol–water partition coefficient (Wildman–Crippen LogP) is 2.77. The lowest BCUT2D eigenvalue weighted by Crippen LogP contribution is -2.38. The van der Waals surface area contributed by atoms with Gasteiger partial charge in [0.05, 0.1) is 0 Å². The van der Waals surface area contributed by atoms with Crippen molar-refractivity contribution in [2.75, 3.05) is 20.1 Å². The fraction of sp³-hybridized carbons (Fsp3) is 0.474. The molecular formula is C19H29N5. The van der Waals surface area contributed by atoms with Gasteiger partial charge in [-0.1, -0.05) is 30.3 Å².